The van der Waals surface area contributed by atoms with Gasteiger partial charge in [-0.05, 0) is 56.5 Å². The molecule has 1 aliphatic carbocycles. The lowest BCUT2D eigenvalue weighted by Crippen LogP contribution is -2.56. The average Bonchev–Trinajstić information content (AvgIpc) is 2.91. The number of nitrogens with zero attached hydrogens (tertiary/aromatic N) is 2. The van der Waals surface area contributed by atoms with Gasteiger partial charge in [0.1, 0.15) is 11.8 Å². The van der Waals surface area contributed by atoms with Gasteiger partial charge in [-0.2, -0.15) is 0 Å². The van der Waals surface area contributed by atoms with Crippen LogP contribution in [0.5, 0.6) is 5.75 Å². The van der Waals surface area contributed by atoms with Gasteiger partial charge in [0.2, 0.25) is 11.8 Å². The minimum Gasteiger partial charge on any atom is -0.491 e. The molecule has 1 saturated heterocycles. The molecule has 1 heterocycles. The second kappa shape index (κ2) is 12.2. The van der Waals surface area contributed by atoms with E-state index in [-0.39, 0.29) is 29.9 Å². The lowest BCUT2D eigenvalue weighted by molar-refractivity contribution is -0.133. The Kier molecular flexibility index (Phi) is 8.82. The van der Waals surface area contributed by atoms with Gasteiger partial charge in [0.25, 0.3) is 5.91 Å². The van der Waals surface area contributed by atoms with E-state index in [0.29, 0.717) is 37.3 Å². The number of ether oxygens (including phenoxy) is 1. The molecule has 3 N–H and O–H groups in total. The highest BCUT2D eigenvalue weighted by molar-refractivity contribution is 5.94. The van der Waals surface area contributed by atoms with Crippen LogP contribution < -0.4 is 15.8 Å². The van der Waals surface area contributed by atoms with Gasteiger partial charge in [-0.1, -0.05) is 43.2 Å². The molecule has 2 aromatic carbocycles. The van der Waals surface area contributed by atoms with Gasteiger partial charge < -0.3 is 20.7 Å². The Morgan fingerprint density at radius 3 is 2.19 bits per heavy atom. The van der Waals surface area contributed by atoms with E-state index >= 15 is 0 Å². The van der Waals surface area contributed by atoms with Crippen molar-refractivity contribution >= 4 is 17.7 Å². The van der Waals surface area contributed by atoms with Crippen LogP contribution in [-0.4, -0.2) is 65.8 Å². The van der Waals surface area contributed by atoms with E-state index in [2.05, 4.69) is 10.2 Å². The molecule has 8 nitrogen and oxygen atoms in total. The quantitative estimate of drug-likeness (QED) is 0.572. The second-order valence-corrected chi connectivity index (χ2v) is 10.2. The zero-order valence-corrected chi connectivity index (χ0v) is 21.8. The molecule has 8 heteroatoms. The van der Waals surface area contributed by atoms with Gasteiger partial charge in [0.05, 0.1) is 12.0 Å². The van der Waals surface area contributed by atoms with Crippen LogP contribution in [0.15, 0.2) is 54.6 Å². The third kappa shape index (κ3) is 6.68. The Morgan fingerprint density at radius 1 is 0.919 bits per heavy atom. The number of amides is 3. The van der Waals surface area contributed by atoms with Crippen molar-refractivity contribution in [3.05, 3.63) is 65.7 Å². The Morgan fingerprint density at radius 2 is 1.57 bits per heavy atom. The minimum absolute atomic E-state index is 0.0147. The van der Waals surface area contributed by atoms with E-state index in [0.717, 1.165) is 31.4 Å². The number of piperazine rings is 1. The monoisotopic (exact) mass is 506 g/mol. The number of hydrogen-bond acceptors (Lipinski definition) is 5. The van der Waals surface area contributed by atoms with Crippen molar-refractivity contribution in [2.75, 3.05) is 26.2 Å². The van der Waals surface area contributed by atoms with Gasteiger partial charge in [0.15, 0.2) is 0 Å². The van der Waals surface area contributed by atoms with Crippen LogP contribution in [0.25, 0.3) is 0 Å². The molecule has 4 rings (SSSR count). The molecule has 1 aliphatic heterocycles. The minimum atomic E-state index is -0.844. The summed E-state index contributed by atoms with van der Waals surface area (Å²) in [4.78, 5) is 42.8. The molecule has 198 valence electrons. The topological polar surface area (TPSA) is 105 Å². The van der Waals surface area contributed by atoms with Crippen molar-refractivity contribution in [1.29, 1.82) is 0 Å². The molecule has 3 amide bonds. The highest BCUT2D eigenvalue weighted by atomic mass is 16.5. The third-order valence-electron chi connectivity index (χ3n) is 7.31. The summed E-state index contributed by atoms with van der Waals surface area (Å²) in [5, 5.41) is 2.92. The highest BCUT2D eigenvalue weighted by Crippen LogP contribution is 2.30. The molecule has 0 radical (unpaired) electrons. The smallest absolute Gasteiger partial charge is 0.253 e. The van der Waals surface area contributed by atoms with Crippen molar-refractivity contribution < 1.29 is 19.1 Å². The predicted octanol–water partition coefficient (Wildman–Crippen LogP) is 3.13. The van der Waals surface area contributed by atoms with Crippen molar-refractivity contribution in [3.8, 4) is 5.75 Å². The average molecular weight is 507 g/mol. The van der Waals surface area contributed by atoms with Gasteiger partial charge >= 0.3 is 0 Å². The van der Waals surface area contributed by atoms with Crippen LogP contribution in [0.2, 0.25) is 0 Å². The number of hydrogen-bond donors (Lipinski definition) is 2. The second-order valence-electron chi connectivity index (χ2n) is 10.2. The summed E-state index contributed by atoms with van der Waals surface area (Å²) in [7, 11) is 0. The normalized spacial score (nSPS) is 21.3. The van der Waals surface area contributed by atoms with Crippen LogP contribution in [0.1, 0.15) is 61.5 Å². The van der Waals surface area contributed by atoms with Crippen molar-refractivity contribution in [2.45, 2.75) is 57.7 Å². The lowest BCUT2D eigenvalue weighted by atomic mass is 9.82. The first-order valence-electron chi connectivity index (χ1n) is 13.3. The first kappa shape index (κ1) is 26.7. The first-order valence-corrected chi connectivity index (χ1v) is 13.3. The summed E-state index contributed by atoms with van der Waals surface area (Å²) in [6, 6.07) is 15.7. The summed E-state index contributed by atoms with van der Waals surface area (Å²) < 4.78 is 5.68. The number of carbonyl (C=O) groups is 3. The Labute approximate surface area is 219 Å². The van der Waals surface area contributed by atoms with Gasteiger partial charge in [-0.15, -0.1) is 0 Å². The number of benzene rings is 2. The van der Waals surface area contributed by atoms with Crippen molar-refractivity contribution in [1.82, 2.24) is 15.1 Å². The van der Waals surface area contributed by atoms with E-state index in [9.17, 15) is 14.4 Å². The van der Waals surface area contributed by atoms with E-state index in [1.807, 2.05) is 61.2 Å². The fraction of sp³-hybridized carbons (Fsp3) is 0.483. The molecule has 2 aliphatic rings. The fourth-order valence-corrected chi connectivity index (χ4v) is 5.46. The molecule has 2 fully saturated rings. The molecule has 3 atom stereocenters. The van der Waals surface area contributed by atoms with Crippen LogP contribution in [0.4, 0.5) is 0 Å². The maximum absolute atomic E-state index is 13.4. The van der Waals surface area contributed by atoms with Crippen molar-refractivity contribution in [2.24, 2.45) is 11.7 Å². The van der Waals surface area contributed by atoms with Crippen molar-refractivity contribution in [3.63, 3.8) is 0 Å². The number of carbonyl (C=O) groups excluding carboxylic acids is 3. The van der Waals surface area contributed by atoms with Crippen LogP contribution in [0.3, 0.4) is 0 Å². The highest BCUT2D eigenvalue weighted by Gasteiger charge is 2.38. The van der Waals surface area contributed by atoms with E-state index in [1.165, 1.54) is 0 Å². The van der Waals surface area contributed by atoms with E-state index < -0.39 is 11.9 Å². The summed E-state index contributed by atoms with van der Waals surface area (Å²) in [5.41, 5.74) is 6.97. The Hall–Kier alpha value is -3.39. The van der Waals surface area contributed by atoms with Crippen LogP contribution in [0, 0.1) is 5.92 Å². The van der Waals surface area contributed by atoms with Crippen LogP contribution in [-0.2, 0) is 9.59 Å². The summed E-state index contributed by atoms with van der Waals surface area (Å²) >= 11 is 0. The standard InChI is InChI=1S/C29H38N4O4/c1-20(2)37-23-14-12-22(13-15-23)29(36)33-18-16-32(17-19-33)25-11-7-6-10-24(25)28(35)31-26(27(30)34)21-8-4-3-5-9-21/h3-5,8-9,12-15,20,24-26H,6-7,10-11,16-19H2,1-2H3,(H2,30,34)(H,31,35)/t24-,25-,26+/m1/s1. The lowest BCUT2D eigenvalue weighted by Gasteiger charge is -2.44. The zero-order valence-electron chi connectivity index (χ0n) is 21.8. The molecular formula is C29H38N4O4. The number of nitrogens with one attached hydrogen (secondary N) is 1. The number of rotatable bonds is 8. The zero-order chi connectivity index (χ0) is 26.4. The van der Waals surface area contributed by atoms with Gasteiger partial charge in [-0.3, -0.25) is 19.3 Å². The number of primary amides is 1. The molecular weight excluding hydrogens is 468 g/mol. The van der Waals surface area contributed by atoms with Gasteiger partial charge in [-0.25, -0.2) is 0 Å². The third-order valence-corrected chi connectivity index (χ3v) is 7.31. The summed E-state index contributed by atoms with van der Waals surface area (Å²) in [6.45, 7) is 6.60. The molecule has 2 aromatic rings. The fourth-order valence-electron chi connectivity index (χ4n) is 5.46. The predicted molar refractivity (Wildman–Crippen MR) is 142 cm³/mol. The summed E-state index contributed by atoms with van der Waals surface area (Å²) in [5.74, 6) is -0.137. The molecule has 1 saturated carbocycles. The Bertz CT molecular complexity index is 1070. The molecule has 0 unspecified atom stereocenters. The first-order chi connectivity index (χ1) is 17.8. The van der Waals surface area contributed by atoms with Gasteiger partial charge in [0, 0.05) is 37.8 Å². The largest absolute Gasteiger partial charge is 0.491 e. The number of nitrogens with two attached hydrogens (primary N) is 1. The molecule has 0 aromatic heterocycles. The Balaban J connectivity index is 1.36. The molecule has 37 heavy (non-hydrogen) atoms. The maximum atomic E-state index is 13.4. The molecule has 0 bridgehead atoms. The van der Waals surface area contributed by atoms with E-state index in [1.54, 1.807) is 12.1 Å². The summed E-state index contributed by atoms with van der Waals surface area (Å²) in [6.07, 6.45) is 3.84. The van der Waals surface area contributed by atoms with Crippen LogP contribution >= 0.6 is 0 Å². The SMILES string of the molecule is CC(C)Oc1ccc(C(=O)N2CCN([C@@H]3CCCC[C@H]3C(=O)N[C@H](C(N)=O)c3ccccc3)CC2)cc1. The molecule has 0 spiro atoms. The maximum Gasteiger partial charge on any atom is 0.253 e. The van der Waals surface area contributed by atoms with E-state index in [4.69, 9.17) is 10.5 Å².